The third kappa shape index (κ3) is 3.00. The summed E-state index contributed by atoms with van der Waals surface area (Å²) in [5.74, 6) is 0. The van der Waals surface area contributed by atoms with E-state index < -0.39 is 0 Å². The lowest BCUT2D eigenvalue weighted by Crippen LogP contribution is -2.29. The molecular formula is C18H22N2. The first kappa shape index (κ1) is 14.6. The van der Waals surface area contributed by atoms with Crippen molar-refractivity contribution in [1.29, 1.82) is 5.26 Å². The average Bonchev–Trinajstić information content (AvgIpc) is 2.49. The number of benzene rings is 2. The molecule has 0 saturated carbocycles. The predicted molar refractivity (Wildman–Crippen MR) is 84.5 cm³/mol. The van der Waals surface area contributed by atoms with E-state index in [0.29, 0.717) is 0 Å². The maximum atomic E-state index is 9.67. The van der Waals surface area contributed by atoms with E-state index in [1.807, 2.05) is 12.1 Å². The Balaban J connectivity index is 2.45. The molecule has 0 aliphatic carbocycles. The summed E-state index contributed by atoms with van der Waals surface area (Å²) in [6.45, 7) is 6.27. The first-order valence-corrected chi connectivity index (χ1v) is 7.43. The molecule has 0 fully saturated rings. The molecule has 2 heteroatoms. The second-order valence-electron chi connectivity index (χ2n) is 5.14. The van der Waals surface area contributed by atoms with Crippen molar-refractivity contribution in [3.05, 3.63) is 48.0 Å². The van der Waals surface area contributed by atoms with E-state index in [1.54, 1.807) is 0 Å². The smallest absolute Gasteiger partial charge is 0.124 e. The number of nitriles is 1. The highest BCUT2D eigenvalue weighted by Gasteiger charge is 2.20. The number of nitrogens with zero attached hydrogens (tertiary/aromatic N) is 2. The van der Waals surface area contributed by atoms with E-state index in [9.17, 15) is 5.26 Å². The molecule has 0 aliphatic heterocycles. The van der Waals surface area contributed by atoms with Crippen molar-refractivity contribution >= 4 is 10.8 Å². The molecule has 0 bridgehead atoms. The Bertz CT molecular complexity index is 586. The molecule has 1 unspecified atom stereocenters. The first-order valence-electron chi connectivity index (χ1n) is 7.43. The van der Waals surface area contributed by atoms with Crippen LogP contribution in [0.3, 0.4) is 0 Å². The van der Waals surface area contributed by atoms with Crippen molar-refractivity contribution in [3.63, 3.8) is 0 Å². The van der Waals surface area contributed by atoms with Gasteiger partial charge in [-0.1, -0.05) is 56.3 Å². The highest BCUT2D eigenvalue weighted by Crippen LogP contribution is 2.28. The Morgan fingerprint density at radius 3 is 2.30 bits per heavy atom. The molecule has 0 aromatic heterocycles. The normalized spacial score (nSPS) is 12.5. The van der Waals surface area contributed by atoms with Crippen LogP contribution in [0.15, 0.2) is 42.5 Å². The predicted octanol–water partition coefficient (Wildman–Crippen LogP) is 4.53. The summed E-state index contributed by atoms with van der Waals surface area (Å²) in [7, 11) is 0. The lowest BCUT2D eigenvalue weighted by atomic mass is 9.98. The van der Waals surface area contributed by atoms with Crippen LogP contribution < -0.4 is 0 Å². The largest absolute Gasteiger partial charge is 0.284 e. The molecule has 2 rings (SSSR count). The van der Waals surface area contributed by atoms with E-state index in [2.05, 4.69) is 55.1 Å². The standard InChI is InChI=1S/C18H22N2/c1-3-12-20(13-4-2)18(14-19)17-11-7-9-15-8-5-6-10-16(15)17/h5-11,18H,3-4,12-13H2,1-2H3. The minimum absolute atomic E-state index is 0.152. The molecule has 0 radical (unpaired) electrons. The van der Waals surface area contributed by atoms with Crippen LogP contribution in [0.1, 0.15) is 38.3 Å². The van der Waals surface area contributed by atoms with Crippen molar-refractivity contribution in [2.75, 3.05) is 13.1 Å². The fraction of sp³-hybridized carbons (Fsp3) is 0.389. The second kappa shape index (κ2) is 7.07. The van der Waals surface area contributed by atoms with Crippen LogP contribution in [0, 0.1) is 11.3 Å². The fourth-order valence-electron chi connectivity index (χ4n) is 2.78. The van der Waals surface area contributed by atoms with Crippen LogP contribution in [0.4, 0.5) is 0 Å². The van der Waals surface area contributed by atoms with Gasteiger partial charge in [-0.2, -0.15) is 5.26 Å². The van der Waals surface area contributed by atoms with E-state index in [0.717, 1.165) is 31.5 Å². The van der Waals surface area contributed by atoms with Crippen molar-refractivity contribution in [3.8, 4) is 6.07 Å². The number of rotatable bonds is 6. The monoisotopic (exact) mass is 266 g/mol. The van der Waals surface area contributed by atoms with Crippen molar-refractivity contribution in [1.82, 2.24) is 4.90 Å². The molecular weight excluding hydrogens is 244 g/mol. The SMILES string of the molecule is CCCN(CCC)C(C#N)c1cccc2ccccc12. The first-order chi connectivity index (χ1) is 9.81. The lowest BCUT2D eigenvalue weighted by molar-refractivity contribution is 0.237. The quantitative estimate of drug-likeness (QED) is 0.768. The molecule has 0 spiro atoms. The molecule has 2 nitrogen and oxygen atoms in total. The Hall–Kier alpha value is -1.85. The van der Waals surface area contributed by atoms with Crippen LogP contribution in [0.25, 0.3) is 10.8 Å². The number of hydrogen-bond donors (Lipinski definition) is 0. The van der Waals surface area contributed by atoms with Gasteiger partial charge in [-0.25, -0.2) is 0 Å². The van der Waals surface area contributed by atoms with Crippen LogP contribution in [0.2, 0.25) is 0 Å². The van der Waals surface area contributed by atoms with Gasteiger partial charge in [-0.3, -0.25) is 4.90 Å². The summed E-state index contributed by atoms with van der Waals surface area (Å²) in [6, 6.07) is 16.9. The van der Waals surface area contributed by atoms with Crippen molar-refractivity contribution < 1.29 is 0 Å². The molecule has 0 N–H and O–H groups in total. The fourth-order valence-corrected chi connectivity index (χ4v) is 2.78. The zero-order chi connectivity index (χ0) is 14.4. The summed E-state index contributed by atoms with van der Waals surface area (Å²) in [5, 5.41) is 12.1. The molecule has 0 aliphatic rings. The lowest BCUT2D eigenvalue weighted by Gasteiger charge is -2.27. The van der Waals surface area contributed by atoms with Gasteiger partial charge in [0.15, 0.2) is 0 Å². The van der Waals surface area contributed by atoms with E-state index >= 15 is 0 Å². The molecule has 2 aromatic carbocycles. The molecule has 1 atom stereocenters. The maximum Gasteiger partial charge on any atom is 0.124 e. The zero-order valence-electron chi connectivity index (χ0n) is 12.3. The van der Waals surface area contributed by atoms with Gasteiger partial charge in [0.05, 0.1) is 6.07 Å². The van der Waals surface area contributed by atoms with Gasteiger partial charge in [0.2, 0.25) is 0 Å². The third-order valence-corrected chi connectivity index (χ3v) is 3.63. The van der Waals surface area contributed by atoms with Gasteiger partial charge in [-0.15, -0.1) is 0 Å². The molecule has 0 heterocycles. The molecule has 20 heavy (non-hydrogen) atoms. The van der Waals surface area contributed by atoms with E-state index in [1.165, 1.54) is 10.8 Å². The summed E-state index contributed by atoms with van der Waals surface area (Å²) in [6.07, 6.45) is 2.14. The minimum Gasteiger partial charge on any atom is -0.284 e. The number of hydrogen-bond acceptors (Lipinski definition) is 2. The van der Waals surface area contributed by atoms with Crippen molar-refractivity contribution in [2.24, 2.45) is 0 Å². The van der Waals surface area contributed by atoms with Crippen LogP contribution >= 0.6 is 0 Å². The summed E-state index contributed by atoms with van der Waals surface area (Å²) >= 11 is 0. The minimum atomic E-state index is -0.152. The average molecular weight is 266 g/mol. The Morgan fingerprint density at radius 2 is 1.65 bits per heavy atom. The maximum absolute atomic E-state index is 9.67. The number of fused-ring (bicyclic) bond motifs is 1. The molecule has 2 aromatic rings. The van der Waals surface area contributed by atoms with Crippen LogP contribution in [-0.4, -0.2) is 18.0 Å². The Labute approximate surface area is 121 Å². The zero-order valence-corrected chi connectivity index (χ0v) is 12.3. The second-order valence-corrected chi connectivity index (χ2v) is 5.14. The van der Waals surface area contributed by atoms with E-state index in [-0.39, 0.29) is 6.04 Å². The summed E-state index contributed by atoms with van der Waals surface area (Å²) in [5.41, 5.74) is 1.13. The van der Waals surface area contributed by atoms with Gasteiger partial charge < -0.3 is 0 Å². The van der Waals surface area contributed by atoms with Gasteiger partial charge in [0, 0.05) is 0 Å². The topological polar surface area (TPSA) is 27.0 Å². The summed E-state index contributed by atoms with van der Waals surface area (Å²) < 4.78 is 0. The Kier molecular flexibility index (Phi) is 5.15. The third-order valence-electron chi connectivity index (χ3n) is 3.63. The Morgan fingerprint density at radius 1 is 1.00 bits per heavy atom. The highest BCUT2D eigenvalue weighted by molar-refractivity contribution is 5.86. The van der Waals surface area contributed by atoms with Gasteiger partial charge in [0.25, 0.3) is 0 Å². The van der Waals surface area contributed by atoms with E-state index in [4.69, 9.17) is 0 Å². The van der Waals surface area contributed by atoms with Gasteiger partial charge in [0.1, 0.15) is 6.04 Å². The van der Waals surface area contributed by atoms with Crippen LogP contribution in [-0.2, 0) is 0 Å². The summed E-state index contributed by atoms with van der Waals surface area (Å²) in [4.78, 5) is 2.29. The molecule has 0 amide bonds. The van der Waals surface area contributed by atoms with Crippen LogP contribution in [0.5, 0.6) is 0 Å². The van der Waals surface area contributed by atoms with Crippen molar-refractivity contribution in [2.45, 2.75) is 32.7 Å². The molecule has 0 saturated heterocycles. The molecule has 104 valence electrons. The highest BCUT2D eigenvalue weighted by atomic mass is 15.1. The van der Waals surface area contributed by atoms with Gasteiger partial charge in [-0.05, 0) is 42.3 Å². The van der Waals surface area contributed by atoms with Gasteiger partial charge >= 0.3 is 0 Å².